The van der Waals surface area contributed by atoms with Crippen molar-refractivity contribution >= 4 is 82.3 Å². The summed E-state index contributed by atoms with van der Waals surface area (Å²) in [5.41, 5.74) is 15.0. The molecule has 0 amide bonds. The molecule has 1 aliphatic carbocycles. The summed E-state index contributed by atoms with van der Waals surface area (Å²) in [5, 5.41) is 8.96. The summed E-state index contributed by atoms with van der Waals surface area (Å²) >= 11 is 0. The Morgan fingerprint density at radius 2 is 1.20 bits per heavy atom. The molecule has 3 atom stereocenters. The minimum absolute atomic E-state index is 0.0789. The summed E-state index contributed by atoms with van der Waals surface area (Å²) in [6.07, 6.45) is 2.88. The number of benzene rings is 7. The van der Waals surface area contributed by atoms with Crippen molar-refractivity contribution in [1.82, 2.24) is 8.97 Å². The molecule has 3 unspecified atom stereocenters. The molecule has 7 aromatic carbocycles. The fraction of sp³-hybridized carbons (Fsp3) is 0.135. The van der Waals surface area contributed by atoms with Crippen LogP contribution in [0.15, 0.2) is 161 Å². The fourth-order valence-electron chi connectivity index (χ4n) is 11.1. The van der Waals surface area contributed by atoms with Gasteiger partial charge in [-0.3, -0.25) is 4.99 Å². The second kappa shape index (κ2) is 11.2. The average Bonchev–Trinajstić information content (AvgIpc) is 3.96. The van der Waals surface area contributed by atoms with Crippen LogP contribution in [0.5, 0.6) is 0 Å². The zero-order valence-corrected chi connectivity index (χ0v) is 31.0. The first-order valence-corrected chi connectivity index (χ1v) is 20.1. The van der Waals surface area contributed by atoms with E-state index in [2.05, 4.69) is 168 Å². The zero-order valence-electron chi connectivity index (χ0n) is 31.0. The van der Waals surface area contributed by atoms with Crippen LogP contribution < -0.4 is 0 Å². The van der Waals surface area contributed by atoms with Crippen LogP contribution in [0.3, 0.4) is 0 Å². The lowest BCUT2D eigenvalue weighted by atomic mass is 9.75. The van der Waals surface area contributed by atoms with Crippen LogP contribution in [0.2, 0.25) is 0 Å². The van der Waals surface area contributed by atoms with Gasteiger partial charge >= 0.3 is 0 Å². The summed E-state index contributed by atoms with van der Waals surface area (Å²) in [7, 11) is 0. The van der Waals surface area contributed by atoms with Gasteiger partial charge in [-0.2, -0.15) is 0 Å². The molecule has 266 valence electrons. The van der Waals surface area contributed by atoms with Crippen LogP contribution in [0.1, 0.15) is 48.6 Å². The molecule has 13 rings (SSSR count). The van der Waals surface area contributed by atoms with Crippen molar-refractivity contribution < 1.29 is 4.42 Å². The molecule has 56 heavy (non-hydrogen) atoms. The molecule has 0 saturated heterocycles. The molecule has 0 radical (unpaired) electrons. The molecular formula is C52H37N3O. The van der Waals surface area contributed by atoms with Gasteiger partial charge in [0, 0.05) is 66.3 Å². The Morgan fingerprint density at radius 1 is 0.607 bits per heavy atom. The lowest BCUT2D eigenvalue weighted by Gasteiger charge is -2.36. The highest BCUT2D eigenvalue weighted by atomic mass is 16.3. The van der Waals surface area contributed by atoms with Crippen molar-refractivity contribution in [3.63, 3.8) is 0 Å². The predicted octanol–water partition coefficient (Wildman–Crippen LogP) is 13.8. The number of hydrogen-bond acceptors (Lipinski definition) is 2. The van der Waals surface area contributed by atoms with Gasteiger partial charge in [-0.25, -0.2) is 0 Å². The van der Waals surface area contributed by atoms with Crippen LogP contribution in [0.4, 0.5) is 5.69 Å². The number of aryl methyl sites for hydroxylation is 1. The molecule has 0 bridgehead atoms. The Morgan fingerprint density at radius 3 is 1.93 bits per heavy atom. The SMILES string of the molecule is CCC1C(C2CCc3ccccc3-c3cc4c5ccccc5n5c6ccccc6c(c32)c45)=Nc2c(oc3ccccc23)C1n1c2ccccc2c2ccccc21. The van der Waals surface area contributed by atoms with E-state index in [0.717, 1.165) is 41.7 Å². The van der Waals surface area contributed by atoms with Gasteiger partial charge in [0.2, 0.25) is 0 Å². The predicted molar refractivity (Wildman–Crippen MR) is 232 cm³/mol. The average molecular weight is 720 g/mol. The van der Waals surface area contributed by atoms with Crippen molar-refractivity contribution in [2.24, 2.45) is 10.9 Å². The monoisotopic (exact) mass is 719 g/mol. The van der Waals surface area contributed by atoms with E-state index in [1.54, 1.807) is 0 Å². The maximum atomic E-state index is 7.00. The lowest BCUT2D eigenvalue weighted by molar-refractivity contribution is 0.384. The second-order valence-electron chi connectivity index (χ2n) is 15.9. The van der Waals surface area contributed by atoms with Gasteiger partial charge in [-0.05, 0) is 84.0 Å². The number of para-hydroxylation sites is 5. The first-order valence-electron chi connectivity index (χ1n) is 20.1. The van der Waals surface area contributed by atoms with Crippen LogP contribution in [-0.2, 0) is 6.42 Å². The van der Waals surface area contributed by atoms with E-state index in [9.17, 15) is 0 Å². The molecule has 0 fully saturated rings. The first kappa shape index (κ1) is 30.7. The fourth-order valence-corrected chi connectivity index (χ4v) is 11.1. The molecule has 1 aliphatic heterocycles. The van der Waals surface area contributed by atoms with Gasteiger partial charge in [-0.1, -0.05) is 116 Å². The van der Waals surface area contributed by atoms with E-state index in [1.807, 2.05) is 0 Å². The van der Waals surface area contributed by atoms with E-state index in [4.69, 9.17) is 9.41 Å². The van der Waals surface area contributed by atoms with E-state index in [-0.39, 0.29) is 17.9 Å². The smallest absolute Gasteiger partial charge is 0.154 e. The first-order chi connectivity index (χ1) is 27.8. The van der Waals surface area contributed by atoms with Crippen molar-refractivity contribution in [2.45, 2.75) is 38.1 Å². The molecule has 4 heteroatoms. The molecule has 5 heterocycles. The maximum Gasteiger partial charge on any atom is 0.154 e. The minimum Gasteiger partial charge on any atom is -0.456 e. The molecule has 4 aromatic heterocycles. The van der Waals surface area contributed by atoms with Crippen LogP contribution in [0.25, 0.3) is 82.0 Å². The normalized spacial score (nSPS) is 18.3. The summed E-state index contributed by atoms with van der Waals surface area (Å²) in [4.78, 5) is 5.91. The zero-order chi connectivity index (χ0) is 36.6. The molecule has 11 aromatic rings. The molecule has 0 spiro atoms. The van der Waals surface area contributed by atoms with Crippen LogP contribution in [-0.4, -0.2) is 14.7 Å². The number of fused-ring (bicyclic) bond motifs is 16. The summed E-state index contributed by atoms with van der Waals surface area (Å²) < 4.78 is 12.1. The lowest BCUT2D eigenvalue weighted by Crippen LogP contribution is -2.33. The highest BCUT2D eigenvalue weighted by Crippen LogP contribution is 2.55. The highest BCUT2D eigenvalue weighted by molar-refractivity contribution is 6.27. The molecular weight excluding hydrogens is 683 g/mol. The van der Waals surface area contributed by atoms with Gasteiger partial charge in [0.05, 0.1) is 16.6 Å². The molecule has 2 aliphatic rings. The van der Waals surface area contributed by atoms with Gasteiger partial charge < -0.3 is 13.4 Å². The van der Waals surface area contributed by atoms with Crippen molar-refractivity contribution in [3.8, 4) is 11.1 Å². The minimum atomic E-state index is -0.0789. The quantitative estimate of drug-likeness (QED) is 0.179. The third-order valence-electron chi connectivity index (χ3n) is 13.3. The van der Waals surface area contributed by atoms with Crippen LogP contribution >= 0.6 is 0 Å². The third-order valence-corrected chi connectivity index (χ3v) is 13.3. The number of rotatable bonds is 3. The number of nitrogens with zero attached hydrogens (tertiary/aromatic N) is 3. The van der Waals surface area contributed by atoms with E-state index >= 15 is 0 Å². The molecule has 0 saturated carbocycles. The number of aliphatic imine (C=N–C) groups is 1. The summed E-state index contributed by atoms with van der Waals surface area (Å²) in [6.45, 7) is 2.36. The van der Waals surface area contributed by atoms with Gasteiger partial charge in [-0.15, -0.1) is 0 Å². The van der Waals surface area contributed by atoms with Crippen LogP contribution in [0, 0.1) is 5.92 Å². The maximum absolute atomic E-state index is 7.00. The number of hydrogen-bond donors (Lipinski definition) is 0. The summed E-state index contributed by atoms with van der Waals surface area (Å²) in [5.74, 6) is 1.14. The van der Waals surface area contributed by atoms with Gasteiger partial charge in [0.15, 0.2) is 5.76 Å². The standard InChI is InChI=1S/C52H37N3O/c1-2-31-48(53-49-37-21-9-14-26-45(37)56-52(49)51(31)55-41-22-10-5-17-33(41)34-18-6-11-23-42(34)55)38-28-27-30-15-3-4-16-32(30)39-29-40-35-19-7-12-24-43(35)54-44-25-13-8-20-36(44)47(46(38)39)50(40)54/h3-26,29,31,38,51H,2,27-28H2,1H3. The van der Waals surface area contributed by atoms with E-state index in [1.165, 1.54) is 87.9 Å². The Labute approximate surface area is 323 Å². The van der Waals surface area contributed by atoms with E-state index in [0.29, 0.717) is 0 Å². The third kappa shape index (κ3) is 3.86. The second-order valence-corrected chi connectivity index (χ2v) is 15.9. The van der Waals surface area contributed by atoms with Gasteiger partial charge in [0.1, 0.15) is 17.3 Å². The Bertz CT molecular complexity index is 3390. The largest absolute Gasteiger partial charge is 0.456 e. The molecule has 4 nitrogen and oxygen atoms in total. The van der Waals surface area contributed by atoms with E-state index < -0.39 is 0 Å². The number of furan rings is 1. The van der Waals surface area contributed by atoms with Crippen molar-refractivity contribution in [2.75, 3.05) is 0 Å². The Hall–Kier alpha value is -6.65. The topological polar surface area (TPSA) is 34.8 Å². The Balaban J connectivity index is 1.17. The summed E-state index contributed by atoms with van der Waals surface area (Å²) in [6, 6.07) is 56.0. The highest BCUT2D eigenvalue weighted by Gasteiger charge is 2.43. The van der Waals surface area contributed by atoms with Gasteiger partial charge in [0.25, 0.3) is 0 Å². The molecule has 0 N–H and O–H groups in total. The number of aromatic nitrogens is 2. The Kier molecular flexibility index (Phi) is 6.13. The van der Waals surface area contributed by atoms with Crippen molar-refractivity contribution in [1.29, 1.82) is 0 Å². The van der Waals surface area contributed by atoms with Crippen molar-refractivity contribution in [3.05, 3.63) is 169 Å².